The Balaban J connectivity index is 1.13. The van der Waals surface area contributed by atoms with Crippen LogP contribution in [0.2, 0.25) is 19.6 Å². The maximum absolute atomic E-state index is 14.3. The van der Waals surface area contributed by atoms with Gasteiger partial charge in [0.25, 0.3) is 11.6 Å². The number of hydrogen-bond acceptors (Lipinski definition) is 8. The second kappa shape index (κ2) is 13.3. The lowest BCUT2D eigenvalue weighted by molar-refractivity contribution is -0.384. The summed E-state index contributed by atoms with van der Waals surface area (Å²) in [6.45, 7) is 9.43. The number of allylic oxidation sites excluding steroid dienone is 1. The van der Waals surface area contributed by atoms with E-state index in [1.807, 2.05) is 65.6 Å². The smallest absolute Gasteiger partial charge is 0.429 e. The molecule has 0 bridgehead atoms. The molecule has 0 aliphatic carbocycles. The zero-order valence-corrected chi connectivity index (χ0v) is 28.1. The molecule has 0 saturated heterocycles. The molecule has 2 heterocycles. The molecule has 4 aromatic carbocycles. The molecule has 0 fully saturated rings. The number of carbonyl (C=O) groups is 2. The van der Waals surface area contributed by atoms with Crippen molar-refractivity contribution in [3.63, 3.8) is 0 Å². The summed E-state index contributed by atoms with van der Waals surface area (Å²) in [5.74, 6) is 0.0811. The van der Waals surface area contributed by atoms with Crippen LogP contribution in [0, 0.1) is 10.1 Å². The fraction of sp³-hybridized carbons (Fsp3) is 0.216. The SMILES string of the molecule is C/C1=C(\[Si](C)(C)C)c2ccccc2C(=O)N(CC2CC(c3ccc(COC(=O)Oc4ccc([N+](=O)[O-])cc4)cc3)=NO2)c2ccccc21. The number of rotatable bonds is 8. The van der Waals surface area contributed by atoms with Gasteiger partial charge in [0.15, 0.2) is 6.10 Å². The molecule has 1 amide bonds. The van der Waals surface area contributed by atoms with Gasteiger partial charge in [0.05, 0.1) is 30.9 Å². The summed E-state index contributed by atoms with van der Waals surface area (Å²) >= 11 is 0. The van der Waals surface area contributed by atoms with E-state index in [0.717, 1.165) is 33.7 Å². The van der Waals surface area contributed by atoms with Gasteiger partial charge in [-0.1, -0.05) is 85.5 Å². The van der Waals surface area contributed by atoms with Crippen LogP contribution in [-0.2, 0) is 16.2 Å². The first-order valence-electron chi connectivity index (χ1n) is 15.6. The second-order valence-corrected chi connectivity index (χ2v) is 17.8. The van der Waals surface area contributed by atoms with Crippen LogP contribution in [0.4, 0.5) is 16.2 Å². The highest BCUT2D eigenvalue weighted by Gasteiger charge is 2.35. The van der Waals surface area contributed by atoms with E-state index in [1.165, 1.54) is 35.0 Å². The topological polar surface area (TPSA) is 121 Å². The molecule has 10 nitrogen and oxygen atoms in total. The maximum atomic E-state index is 14.3. The molecular formula is C37H35N3O7Si. The van der Waals surface area contributed by atoms with E-state index in [0.29, 0.717) is 18.5 Å². The standard InChI is InChI=1S/C37H35N3O7Si/c1-24-30-9-7-8-12-34(30)39(36(41)32-11-6-5-10-31(32)35(24)48(2,3)4)22-29-21-33(38-47-29)26-15-13-25(14-16-26)23-45-37(42)46-28-19-17-27(18-20-28)40(43)44/h5-20,29H,21-23H2,1-4H3/b35-24+. The molecule has 0 spiro atoms. The molecule has 2 aliphatic rings. The highest BCUT2D eigenvalue weighted by atomic mass is 28.3. The molecule has 0 radical (unpaired) electrons. The van der Waals surface area contributed by atoms with Crippen LogP contribution in [0.15, 0.2) is 102 Å². The minimum Gasteiger partial charge on any atom is -0.429 e. The number of nitro groups is 1. The van der Waals surface area contributed by atoms with Gasteiger partial charge in [-0.25, -0.2) is 4.79 Å². The molecule has 48 heavy (non-hydrogen) atoms. The van der Waals surface area contributed by atoms with E-state index < -0.39 is 19.2 Å². The van der Waals surface area contributed by atoms with Crippen LogP contribution in [0.5, 0.6) is 5.75 Å². The molecule has 244 valence electrons. The Morgan fingerprint density at radius 2 is 1.58 bits per heavy atom. The van der Waals surface area contributed by atoms with Crippen molar-refractivity contribution in [2.45, 2.75) is 45.7 Å². The van der Waals surface area contributed by atoms with Crippen molar-refractivity contribution < 1.29 is 28.8 Å². The minimum atomic E-state index is -1.85. The molecular weight excluding hydrogens is 627 g/mol. The first-order chi connectivity index (χ1) is 23.0. The van der Waals surface area contributed by atoms with Gasteiger partial charge in [0, 0.05) is 29.7 Å². The van der Waals surface area contributed by atoms with Crippen molar-refractivity contribution in [1.29, 1.82) is 0 Å². The molecule has 2 aliphatic heterocycles. The number of nitrogens with zero attached hydrogens (tertiary/aromatic N) is 3. The Labute approximate surface area is 279 Å². The van der Waals surface area contributed by atoms with Gasteiger partial charge in [-0.05, 0) is 58.6 Å². The van der Waals surface area contributed by atoms with Gasteiger partial charge in [0.1, 0.15) is 12.4 Å². The van der Waals surface area contributed by atoms with Crippen LogP contribution < -0.4 is 9.64 Å². The fourth-order valence-electron chi connectivity index (χ4n) is 6.25. The zero-order valence-electron chi connectivity index (χ0n) is 27.1. The summed E-state index contributed by atoms with van der Waals surface area (Å²) in [6, 6.07) is 28.5. The highest BCUT2D eigenvalue weighted by molar-refractivity contribution is 6.95. The molecule has 11 heteroatoms. The number of nitro benzene ring substituents is 1. The average Bonchev–Trinajstić information content (AvgIpc) is 3.54. The Hall–Kier alpha value is -5.55. The van der Waals surface area contributed by atoms with Crippen LogP contribution in [0.25, 0.3) is 10.8 Å². The minimum absolute atomic E-state index is 0.0249. The predicted molar refractivity (Wildman–Crippen MR) is 187 cm³/mol. The molecule has 0 N–H and O–H groups in total. The lowest BCUT2D eigenvalue weighted by atomic mass is 9.94. The van der Waals surface area contributed by atoms with Crippen LogP contribution >= 0.6 is 0 Å². The second-order valence-electron chi connectivity index (χ2n) is 12.8. The molecule has 0 saturated carbocycles. The maximum Gasteiger partial charge on any atom is 0.514 e. The van der Waals surface area contributed by atoms with Gasteiger partial charge in [-0.15, -0.1) is 0 Å². The van der Waals surface area contributed by atoms with Crippen molar-refractivity contribution in [2.24, 2.45) is 5.16 Å². The summed E-state index contributed by atoms with van der Waals surface area (Å²) < 4.78 is 10.3. The zero-order chi connectivity index (χ0) is 34.0. The number of carbonyl (C=O) groups excluding carboxylic acids is 2. The van der Waals surface area contributed by atoms with E-state index in [9.17, 15) is 19.7 Å². The van der Waals surface area contributed by atoms with E-state index in [1.54, 1.807) is 0 Å². The lowest BCUT2D eigenvalue weighted by Gasteiger charge is -2.34. The van der Waals surface area contributed by atoms with E-state index in [4.69, 9.17) is 14.3 Å². The Bertz CT molecular complexity index is 1950. The number of oxime groups is 1. The van der Waals surface area contributed by atoms with Gasteiger partial charge in [0.2, 0.25) is 0 Å². The largest absolute Gasteiger partial charge is 0.514 e. The number of amides is 1. The third-order valence-electron chi connectivity index (χ3n) is 8.41. The Kier molecular flexibility index (Phi) is 8.96. The Morgan fingerprint density at radius 3 is 2.25 bits per heavy atom. The average molecular weight is 662 g/mol. The van der Waals surface area contributed by atoms with Crippen LogP contribution in [-0.4, -0.2) is 43.4 Å². The summed E-state index contributed by atoms with van der Waals surface area (Å²) in [4.78, 5) is 44.4. The monoisotopic (exact) mass is 661 g/mol. The third kappa shape index (κ3) is 6.77. The first-order valence-corrected chi connectivity index (χ1v) is 19.1. The van der Waals surface area contributed by atoms with Crippen molar-refractivity contribution in [3.8, 4) is 5.75 Å². The summed E-state index contributed by atoms with van der Waals surface area (Å²) in [5, 5.41) is 16.5. The van der Waals surface area contributed by atoms with Crippen LogP contribution in [0.1, 0.15) is 46.0 Å². The summed E-state index contributed by atoms with van der Waals surface area (Å²) in [5.41, 5.74) is 7.05. The molecule has 6 rings (SSSR count). The molecule has 1 atom stereocenters. The normalized spacial score (nSPS) is 17.3. The quantitative estimate of drug-likeness (QED) is 0.0613. The first kappa shape index (κ1) is 32.4. The Morgan fingerprint density at radius 1 is 0.938 bits per heavy atom. The lowest BCUT2D eigenvalue weighted by Crippen LogP contribution is -2.40. The van der Waals surface area contributed by atoms with Crippen molar-refractivity contribution >= 4 is 48.0 Å². The van der Waals surface area contributed by atoms with Crippen molar-refractivity contribution in [2.75, 3.05) is 11.4 Å². The van der Waals surface area contributed by atoms with Crippen molar-refractivity contribution in [1.82, 2.24) is 0 Å². The number of benzene rings is 4. The summed E-state index contributed by atoms with van der Waals surface area (Å²) in [7, 11) is -1.85. The number of fused-ring (bicyclic) bond motifs is 2. The fourth-order valence-corrected chi connectivity index (χ4v) is 8.54. The number of non-ortho nitro benzene ring substituents is 1. The number of hydrogen-bond donors (Lipinski definition) is 0. The third-order valence-corrected chi connectivity index (χ3v) is 10.6. The van der Waals surface area contributed by atoms with Gasteiger partial charge < -0.3 is 19.2 Å². The van der Waals surface area contributed by atoms with E-state index in [-0.39, 0.29) is 30.1 Å². The summed E-state index contributed by atoms with van der Waals surface area (Å²) in [6.07, 6.45) is -0.754. The molecule has 4 aromatic rings. The van der Waals surface area contributed by atoms with Crippen molar-refractivity contribution in [3.05, 3.63) is 135 Å². The molecule has 0 aromatic heterocycles. The highest BCUT2D eigenvalue weighted by Crippen LogP contribution is 2.41. The number of para-hydroxylation sites is 1. The molecule has 1 unspecified atom stereocenters. The van der Waals surface area contributed by atoms with Crippen LogP contribution in [0.3, 0.4) is 0 Å². The van der Waals surface area contributed by atoms with E-state index >= 15 is 0 Å². The predicted octanol–water partition coefficient (Wildman–Crippen LogP) is 8.27. The number of anilines is 1. The van der Waals surface area contributed by atoms with Gasteiger partial charge in [-0.2, -0.15) is 0 Å². The van der Waals surface area contributed by atoms with Gasteiger partial charge in [-0.3, -0.25) is 14.9 Å². The van der Waals surface area contributed by atoms with E-state index in [2.05, 4.69) is 43.9 Å². The number of ether oxygens (including phenoxy) is 2. The van der Waals surface area contributed by atoms with Gasteiger partial charge >= 0.3 is 6.16 Å².